The number of carboxylic acid groups (broad SMARTS) is 1. The van der Waals surface area contributed by atoms with E-state index in [-0.39, 0.29) is 13.0 Å². The number of amides is 1. The predicted molar refractivity (Wildman–Crippen MR) is 56.5 cm³/mol. The largest absolute Gasteiger partial charge is 0.550 e. The Labute approximate surface area is 95.8 Å². The van der Waals surface area contributed by atoms with Crippen LogP contribution in [0.4, 0.5) is 4.79 Å². The van der Waals surface area contributed by atoms with Gasteiger partial charge in [0, 0.05) is 12.4 Å². The van der Waals surface area contributed by atoms with Crippen LogP contribution in [0.3, 0.4) is 0 Å². The van der Waals surface area contributed by atoms with Gasteiger partial charge in [-0.2, -0.15) is 0 Å². The molecular formula is C10H20N2O4. The Hall–Kier alpha value is -1.30. The van der Waals surface area contributed by atoms with E-state index in [4.69, 9.17) is 4.74 Å². The number of aliphatic carboxylic acids is 1. The maximum absolute atomic E-state index is 11.2. The van der Waals surface area contributed by atoms with Crippen molar-refractivity contribution in [3.8, 4) is 0 Å². The fraction of sp³-hybridized carbons (Fsp3) is 0.800. The minimum Gasteiger partial charge on any atom is -0.550 e. The maximum Gasteiger partial charge on any atom is 0.407 e. The molecular weight excluding hydrogens is 212 g/mol. The number of alkyl carbamates (subject to hydrolysis) is 1. The first-order chi connectivity index (χ1) is 7.24. The Morgan fingerprint density at radius 1 is 1.38 bits per heavy atom. The highest BCUT2D eigenvalue weighted by molar-refractivity contribution is 5.70. The van der Waals surface area contributed by atoms with Gasteiger partial charge in [-0.15, -0.1) is 0 Å². The van der Waals surface area contributed by atoms with Gasteiger partial charge >= 0.3 is 6.09 Å². The van der Waals surface area contributed by atoms with Gasteiger partial charge in [-0.3, -0.25) is 0 Å². The molecule has 0 saturated carbocycles. The zero-order valence-corrected chi connectivity index (χ0v) is 10.3. The van der Waals surface area contributed by atoms with Gasteiger partial charge in [0.2, 0.25) is 0 Å². The van der Waals surface area contributed by atoms with Crippen LogP contribution < -0.4 is 10.4 Å². The number of hydrogen-bond acceptors (Lipinski definition) is 4. The van der Waals surface area contributed by atoms with Crippen LogP contribution in [0.15, 0.2) is 0 Å². The first kappa shape index (κ1) is 14.7. The molecule has 0 aromatic rings. The molecule has 6 nitrogen and oxygen atoms in total. The van der Waals surface area contributed by atoms with Crippen molar-refractivity contribution in [3.05, 3.63) is 0 Å². The molecule has 0 rings (SSSR count). The third-order valence-corrected chi connectivity index (χ3v) is 1.78. The van der Waals surface area contributed by atoms with Crippen molar-refractivity contribution in [1.82, 2.24) is 5.32 Å². The molecule has 0 radical (unpaired) electrons. The summed E-state index contributed by atoms with van der Waals surface area (Å²) in [5.41, 5.74) is 0. The Kier molecular flexibility index (Phi) is 5.81. The van der Waals surface area contributed by atoms with E-state index in [9.17, 15) is 14.7 Å². The SMILES string of the molecule is CCOC(=O)NC(CC(=O)[O-])C[N+](C)(C)C. The first-order valence-electron chi connectivity index (χ1n) is 5.18. The molecule has 6 heteroatoms. The van der Waals surface area contributed by atoms with Crippen LogP contribution in [0.1, 0.15) is 13.3 Å². The summed E-state index contributed by atoms with van der Waals surface area (Å²) in [7, 11) is 5.74. The lowest BCUT2D eigenvalue weighted by atomic mass is 10.2. The average Bonchev–Trinajstić information content (AvgIpc) is 1.98. The van der Waals surface area contributed by atoms with Crippen molar-refractivity contribution in [3.63, 3.8) is 0 Å². The number of likely N-dealkylation sites (N-methyl/N-ethyl adjacent to an activating group) is 1. The second-order valence-corrected chi connectivity index (χ2v) is 4.61. The number of carboxylic acids is 1. The van der Waals surface area contributed by atoms with Gasteiger partial charge in [0.1, 0.15) is 0 Å². The second-order valence-electron chi connectivity index (χ2n) is 4.61. The molecule has 0 spiro atoms. The van der Waals surface area contributed by atoms with E-state index in [1.54, 1.807) is 6.92 Å². The highest BCUT2D eigenvalue weighted by Gasteiger charge is 2.20. The quantitative estimate of drug-likeness (QED) is 0.593. The van der Waals surface area contributed by atoms with Gasteiger partial charge in [0.25, 0.3) is 0 Å². The summed E-state index contributed by atoms with van der Waals surface area (Å²) in [5.74, 6) is -1.18. The minimum absolute atomic E-state index is 0.214. The molecule has 0 saturated heterocycles. The fourth-order valence-electron chi connectivity index (χ4n) is 1.36. The molecule has 16 heavy (non-hydrogen) atoms. The lowest BCUT2D eigenvalue weighted by Gasteiger charge is -2.29. The molecule has 0 aliphatic carbocycles. The third kappa shape index (κ3) is 8.05. The van der Waals surface area contributed by atoms with Crippen LogP contribution >= 0.6 is 0 Å². The van der Waals surface area contributed by atoms with Crippen LogP contribution in [0.5, 0.6) is 0 Å². The fourth-order valence-corrected chi connectivity index (χ4v) is 1.36. The molecule has 94 valence electrons. The lowest BCUT2D eigenvalue weighted by molar-refractivity contribution is -0.871. The molecule has 0 aromatic carbocycles. The number of hydrogen-bond donors (Lipinski definition) is 1. The maximum atomic E-state index is 11.2. The number of ether oxygens (including phenoxy) is 1. The van der Waals surface area contributed by atoms with E-state index >= 15 is 0 Å². The minimum atomic E-state index is -1.18. The smallest absolute Gasteiger partial charge is 0.407 e. The van der Waals surface area contributed by atoms with Crippen LogP contribution in [0.2, 0.25) is 0 Å². The molecule has 1 unspecified atom stereocenters. The molecule has 1 N–H and O–H groups in total. The molecule has 0 aliphatic heterocycles. The number of carbonyl (C=O) groups excluding carboxylic acids is 2. The third-order valence-electron chi connectivity index (χ3n) is 1.78. The van der Waals surface area contributed by atoms with Gasteiger partial charge in [0.05, 0.1) is 40.3 Å². The number of nitrogens with zero attached hydrogens (tertiary/aromatic N) is 1. The highest BCUT2D eigenvalue weighted by atomic mass is 16.5. The van der Waals surface area contributed by atoms with Crippen LogP contribution in [-0.2, 0) is 9.53 Å². The Morgan fingerprint density at radius 2 is 1.94 bits per heavy atom. The van der Waals surface area contributed by atoms with Crippen molar-refractivity contribution >= 4 is 12.1 Å². The molecule has 0 fully saturated rings. The molecule has 0 bridgehead atoms. The average molecular weight is 232 g/mol. The normalized spacial score (nSPS) is 13.0. The lowest BCUT2D eigenvalue weighted by Crippen LogP contribution is -2.50. The molecule has 1 amide bonds. The van der Waals surface area contributed by atoms with Crippen LogP contribution in [0, 0.1) is 0 Å². The zero-order valence-electron chi connectivity index (χ0n) is 10.3. The van der Waals surface area contributed by atoms with Crippen molar-refractivity contribution in [2.75, 3.05) is 34.3 Å². The second kappa shape index (κ2) is 6.32. The summed E-state index contributed by atoms with van der Waals surface area (Å²) >= 11 is 0. The standard InChI is InChI=1S/C10H20N2O4/c1-5-16-10(15)11-8(6-9(13)14)7-12(2,3)4/h8H,5-7H2,1-4H3,(H-,11,13,14,15). The number of rotatable bonds is 6. The monoisotopic (exact) mass is 232 g/mol. The van der Waals surface area contributed by atoms with E-state index in [1.165, 1.54) is 0 Å². The van der Waals surface area contributed by atoms with Gasteiger partial charge in [-0.05, 0) is 6.92 Å². The first-order valence-corrected chi connectivity index (χ1v) is 5.18. The molecule has 0 aromatic heterocycles. The van der Waals surface area contributed by atoms with Gasteiger partial charge in [-0.1, -0.05) is 0 Å². The van der Waals surface area contributed by atoms with Crippen molar-refractivity contribution in [1.29, 1.82) is 0 Å². The van der Waals surface area contributed by atoms with Crippen LogP contribution in [0.25, 0.3) is 0 Å². The van der Waals surface area contributed by atoms with E-state index < -0.39 is 18.1 Å². The summed E-state index contributed by atoms with van der Waals surface area (Å²) < 4.78 is 5.24. The zero-order chi connectivity index (χ0) is 12.8. The van der Waals surface area contributed by atoms with Gasteiger partial charge in [0.15, 0.2) is 0 Å². The summed E-state index contributed by atoms with van der Waals surface area (Å²) in [4.78, 5) is 21.7. The summed E-state index contributed by atoms with van der Waals surface area (Å²) in [6, 6.07) is -0.482. The van der Waals surface area contributed by atoms with Gasteiger partial charge < -0.3 is 24.4 Å². The summed E-state index contributed by atoms with van der Waals surface area (Å²) in [5, 5.41) is 13.0. The number of quaternary nitrogens is 1. The topological polar surface area (TPSA) is 78.5 Å². The Bertz CT molecular complexity index is 248. The van der Waals surface area contributed by atoms with Crippen molar-refractivity contribution in [2.24, 2.45) is 0 Å². The predicted octanol–water partition coefficient (Wildman–Crippen LogP) is -1.05. The Morgan fingerprint density at radius 3 is 2.31 bits per heavy atom. The molecule has 1 atom stereocenters. The number of nitrogens with one attached hydrogen (secondary N) is 1. The van der Waals surface area contributed by atoms with Crippen molar-refractivity contribution in [2.45, 2.75) is 19.4 Å². The summed E-state index contributed by atoms with van der Waals surface area (Å²) in [6.45, 7) is 2.44. The van der Waals surface area contributed by atoms with E-state index in [1.807, 2.05) is 21.1 Å². The van der Waals surface area contributed by atoms with Crippen molar-refractivity contribution < 1.29 is 23.9 Å². The number of carbonyl (C=O) groups is 2. The highest BCUT2D eigenvalue weighted by Crippen LogP contribution is 2.00. The molecule has 0 aliphatic rings. The van der Waals surface area contributed by atoms with E-state index in [2.05, 4.69) is 5.32 Å². The van der Waals surface area contributed by atoms with E-state index in [0.29, 0.717) is 11.0 Å². The van der Waals surface area contributed by atoms with Crippen LogP contribution in [-0.4, -0.2) is 56.9 Å². The summed E-state index contributed by atoms with van der Waals surface area (Å²) in [6.07, 6.45) is -0.809. The molecule has 0 heterocycles. The van der Waals surface area contributed by atoms with Gasteiger partial charge in [-0.25, -0.2) is 4.79 Å². The Balaban J connectivity index is 4.31. The van der Waals surface area contributed by atoms with E-state index in [0.717, 1.165) is 0 Å².